The summed E-state index contributed by atoms with van der Waals surface area (Å²) in [6, 6.07) is 6.01. The van der Waals surface area contributed by atoms with Gasteiger partial charge in [-0.3, -0.25) is 4.79 Å². The third kappa shape index (κ3) is 2.83. The van der Waals surface area contributed by atoms with E-state index >= 15 is 0 Å². The van der Waals surface area contributed by atoms with E-state index in [0.29, 0.717) is 11.8 Å². The van der Waals surface area contributed by atoms with E-state index in [1.54, 1.807) is 22.3 Å². The first kappa shape index (κ1) is 18.3. The van der Waals surface area contributed by atoms with Crippen LogP contribution in [0.4, 0.5) is 11.8 Å². The summed E-state index contributed by atoms with van der Waals surface area (Å²) in [7, 11) is 3.51. The molecule has 3 N–H and O–H groups in total. The lowest BCUT2D eigenvalue weighted by Crippen LogP contribution is -2.51. The molecule has 0 bridgehead atoms. The Bertz CT molecular complexity index is 1250. The van der Waals surface area contributed by atoms with Crippen molar-refractivity contribution < 1.29 is 4.79 Å². The van der Waals surface area contributed by atoms with Gasteiger partial charge in [-0.05, 0) is 31.0 Å². The van der Waals surface area contributed by atoms with Crippen molar-refractivity contribution in [1.29, 1.82) is 0 Å². The number of aromatic nitrogens is 6. The minimum Gasteiger partial charge on any atom is -0.371 e. The smallest absolute Gasteiger partial charge is 0.243 e. The Morgan fingerprint density at radius 3 is 2.73 bits per heavy atom. The van der Waals surface area contributed by atoms with Gasteiger partial charge in [-0.1, -0.05) is 6.92 Å². The molecule has 0 saturated heterocycles. The van der Waals surface area contributed by atoms with E-state index in [1.807, 2.05) is 44.6 Å². The molecule has 0 radical (unpaired) electrons. The predicted molar refractivity (Wildman–Crippen MR) is 113 cm³/mol. The molecule has 0 spiro atoms. The Balaban J connectivity index is 1.45. The fourth-order valence-corrected chi connectivity index (χ4v) is 4.23. The maximum Gasteiger partial charge on any atom is 0.243 e. The highest BCUT2D eigenvalue weighted by Crippen LogP contribution is 2.42. The summed E-state index contributed by atoms with van der Waals surface area (Å²) >= 11 is 0. The standard InChI is InChI=1S/C20H23N9O/c1-20(18(30)22-3)10-12(11-20)24-19-25-17(21-2)16-13(6-8-29(16)27-19)14-4-5-15-23-7-9-28(15)26-14/h4-9,12H,10-11H2,1-3H3,(H,22,30)(H2,21,24,25,27). The summed E-state index contributed by atoms with van der Waals surface area (Å²) in [5.41, 5.74) is 3.05. The first-order valence-electron chi connectivity index (χ1n) is 9.87. The molecule has 0 atom stereocenters. The van der Waals surface area contributed by atoms with Crippen LogP contribution in [0, 0.1) is 5.41 Å². The summed E-state index contributed by atoms with van der Waals surface area (Å²) < 4.78 is 3.54. The molecule has 10 heteroatoms. The van der Waals surface area contributed by atoms with Crippen molar-refractivity contribution in [3.05, 3.63) is 36.8 Å². The van der Waals surface area contributed by atoms with Gasteiger partial charge in [0.05, 0.1) is 11.1 Å². The largest absolute Gasteiger partial charge is 0.371 e. The van der Waals surface area contributed by atoms with Gasteiger partial charge in [0.1, 0.15) is 5.52 Å². The lowest BCUT2D eigenvalue weighted by atomic mass is 9.66. The third-order valence-corrected chi connectivity index (χ3v) is 5.78. The van der Waals surface area contributed by atoms with Crippen LogP contribution in [0.3, 0.4) is 0 Å². The maximum atomic E-state index is 12.0. The second-order valence-electron chi connectivity index (χ2n) is 7.89. The molecule has 1 saturated carbocycles. The molecule has 0 unspecified atom stereocenters. The van der Waals surface area contributed by atoms with Gasteiger partial charge in [0, 0.05) is 44.3 Å². The molecule has 30 heavy (non-hydrogen) atoms. The molecule has 5 rings (SSSR count). The van der Waals surface area contributed by atoms with Crippen molar-refractivity contribution in [3.8, 4) is 11.3 Å². The summed E-state index contributed by atoms with van der Waals surface area (Å²) in [6.45, 7) is 1.98. The first-order chi connectivity index (χ1) is 14.5. The zero-order valence-electron chi connectivity index (χ0n) is 17.0. The van der Waals surface area contributed by atoms with Gasteiger partial charge >= 0.3 is 0 Å². The van der Waals surface area contributed by atoms with Gasteiger partial charge in [-0.25, -0.2) is 14.0 Å². The fourth-order valence-electron chi connectivity index (χ4n) is 4.23. The molecule has 10 nitrogen and oxygen atoms in total. The number of imidazole rings is 1. The van der Waals surface area contributed by atoms with Crippen LogP contribution < -0.4 is 16.0 Å². The van der Waals surface area contributed by atoms with Gasteiger partial charge in [-0.15, -0.1) is 5.10 Å². The molecule has 1 aliphatic carbocycles. The Kier molecular flexibility index (Phi) is 4.09. The lowest BCUT2D eigenvalue weighted by Gasteiger charge is -2.43. The first-order valence-corrected chi connectivity index (χ1v) is 9.87. The molecule has 0 aliphatic heterocycles. The molecule has 4 heterocycles. The summed E-state index contributed by atoms with van der Waals surface area (Å²) in [4.78, 5) is 20.9. The van der Waals surface area contributed by atoms with Crippen molar-refractivity contribution in [1.82, 2.24) is 34.5 Å². The molecular formula is C20H23N9O. The van der Waals surface area contributed by atoms with E-state index in [0.717, 1.165) is 35.3 Å². The van der Waals surface area contributed by atoms with Crippen LogP contribution in [0.5, 0.6) is 0 Å². The topological polar surface area (TPSA) is 114 Å². The average molecular weight is 405 g/mol. The number of rotatable bonds is 5. The molecule has 154 valence electrons. The van der Waals surface area contributed by atoms with E-state index in [2.05, 4.69) is 36.1 Å². The third-order valence-electron chi connectivity index (χ3n) is 5.78. The van der Waals surface area contributed by atoms with Gasteiger partial charge < -0.3 is 16.0 Å². The Morgan fingerprint density at radius 2 is 1.97 bits per heavy atom. The molecule has 4 aromatic rings. The highest BCUT2D eigenvalue weighted by atomic mass is 16.2. The van der Waals surface area contributed by atoms with E-state index in [-0.39, 0.29) is 17.4 Å². The predicted octanol–water partition coefficient (Wildman–Crippen LogP) is 1.81. The highest BCUT2D eigenvalue weighted by Gasteiger charge is 2.46. The van der Waals surface area contributed by atoms with Crippen LogP contribution in [0.1, 0.15) is 19.8 Å². The molecule has 4 aromatic heterocycles. The van der Waals surface area contributed by atoms with Crippen molar-refractivity contribution in [2.24, 2.45) is 5.41 Å². The average Bonchev–Trinajstić information content (AvgIpc) is 3.37. The van der Waals surface area contributed by atoms with Crippen LogP contribution >= 0.6 is 0 Å². The molecular weight excluding hydrogens is 382 g/mol. The number of hydrogen-bond donors (Lipinski definition) is 3. The van der Waals surface area contributed by atoms with Crippen LogP contribution in [0.25, 0.3) is 22.4 Å². The minimum absolute atomic E-state index is 0.0743. The van der Waals surface area contributed by atoms with Crippen LogP contribution in [-0.2, 0) is 4.79 Å². The Morgan fingerprint density at radius 1 is 1.13 bits per heavy atom. The minimum atomic E-state index is -0.333. The van der Waals surface area contributed by atoms with Crippen molar-refractivity contribution in [2.45, 2.75) is 25.8 Å². The van der Waals surface area contributed by atoms with Gasteiger partial charge in [-0.2, -0.15) is 10.1 Å². The summed E-state index contributed by atoms with van der Waals surface area (Å²) in [5, 5.41) is 18.5. The zero-order chi connectivity index (χ0) is 20.9. The SMILES string of the molecule is CNC(=O)C1(C)CC(Nc2nc(NC)c3c(-c4ccc5nccn5n4)ccn3n2)C1. The highest BCUT2D eigenvalue weighted by molar-refractivity contribution is 5.87. The number of carbonyl (C=O) groups is 1. The lowest BCUT2D eigenvalue weighted by molar-refractivity contribution is -0.134. The number of nitrogens with zero attached hydrogens (tertiary/aromatic N) is 6. The Labute approximate surface area is 172 Å². The van der Waals surface area contributed by atoms with E-state index in [4.69, 9.17) is 0 Å². The van der Waals surface area contributed by atoms with E-state index < -0.39 is 0 Å². The second-order valence-corrected chi connectivity index (χ2v) is 7.89. The van der Waals surface area contributed by atoms with E-state index in [9.17, 15) is 4.79 Å². The van der Waals surface area contributed by atoms with Gasteiger partial charge in [0.15, 0.2) is 11.5 Å². The monoisotopic (exact) mass is 405 g/mol. The number of amides is 1. The summed E-state index contributed by atoms with van der Waals surface area (Å²) in [6.07, 6.45) is 6.93. The van der Waals surface area contributed by atoms with Crippen LogP contribution in [0.15, 0.2) is 36.8 Å². The number of anilines is 2. The number of fused-ring (bicyclic) bond motifs is 2. The van der Waals surface area contributed by atoms with E-state index in [1.165, 1.54) is 0 Å². The fraction of sp³-hybridized carbons (Fsp3) is 0.350. The molecule has 1 fully saturated rings. The van der Waals surface area contributed by atoms with Crippen LogP contribution in [-0.4, -0.2) is 55.2 Å². The van der Waals surface area contributed by atoms with Crippen molar-refractivity contribution in [2.75, 3.05) is 24.7 Å². The molecule has 1 amide bonds. The summed E-state index contributed by atoms with van der Waals surface area (Å²) in [5.74, 6) is 1.30. The maximum absolute atomic E-state index is 12.0. The van der Waals surface area contributed by atoms with Gasteiger partial charge in [0.2, 0.25) is 11.9 Å². The number of carbonyl (C=O) groups excluding carboxylic acids is 1. The Hall–Kier alpha value is -3.69. The zero-order valence-corrected chi connectivity index (χ0v) is 17.0. The van der Waals surface area contributed by atoms with Crippen molar-refractivity contribution in [3.63, 3.8) is 0 Å². The number of hydrogen-bond acceptors (Lipinski definition) is 7. The number of nitrogens with one attached hydrogen (secondary N) is 3. The molecule has 1 aliphatic rings. The second kappa shape index (κ2) is 6.68. The molecule has 0 aromatic carbocycles. The normalized spacial score (nSPS) is 20.8. The van der Waals surface area contributed by atoms with Crippen molar-refractivity contribution >= 4 is 28.8 Å². The van der Waals surface area contributed by atoms with Crippen LogP contribution in [0.2, 0.25) is 0 Å². The van der Waals surface area contributed by atoms with Gasteiger partial charge in [0.25, 0.3) is 0 Å². The quantitative estimate of drug-likeness (QED) is 0.464.